The predicted octanol–water partition coefficient (Wildman–Crippen LogP) is -2.29. The average molecular weight is 2020 g/mol. The molecule has 45 nitrogen and oxygen atoms in total. The van der Waals surface area contributed by atoms with Crippen LogP contribution in [-0.4, -0.2) is 319 Å². The van der Waals surface area contributed by atoms with Gasteiger partial charge in [-0.1, -0.05) is 123 Å². The molecule has 0 spiro atoms. The number of carboxylic acids is 2. The number of fused-ring (bicyclic) bond motifs is 1. The summed E-state index contributed by atoms with van der Waals surface area (Å²) in [5, 5.41) is 75.5. The highest BCUT2D eigenvalue weighted by Crippen LogP contribution is 2.30. The van der Waals surface area contributed by atoms with Crippen LogP contribution in [0, 0.1) is 17.2 Å². The monoisotopic (exact) mass is 2020 g/mol. The number of carboxylic acid groups (broad SMARTS) is 2. The zero-order chi connectivity index (χ0) is 103. The average Bonchev–Trinajstić information content (AvgIpc) is 1.64. The third-order valence-electron chi connectivity index (χ3n) is 24.7. The van der Waals surface area contributed by atoms with E-state index in [1.54, 1.807) is 83.1 Å². The Morgan fingerprint density at radius 3 is 1.71 bits per heavy atom. The van der Waals surface area contributed by atoms with Crippen LogP contribution in [0.15, 0.2) is 54.6 Å². The highest BCUT2D eigenvalue weighted by atomic mass is 35.5. The van der Waals surface area contributed by atoms with Crippen molar-refractivity contribution in [2.45, 2.75) is 305 Å². The van der Waals surface area contributed by atoms with E-state index in [2.05, 4.69) is 74.4 Å². The molecule has 5 aliphatic rings. The second-order valence-corrected chi connectivity index (χ2v) is 39.6. The number of aliphatic hydroxyl groups is 1. The first-order chi connectivity index (χ1) is 66.5. The second-order valence-electron chi connectivity index (χ2n) is 36.5. The number of primary amides is 1. The number of halogens is 1. The molecule has 5 fully saturated rings. The molecule has 18 amide bonds. The molecule has 2 aromatic carbocycles. The van der Waals surface area contributed by atoms with Crippen LogP contribution in [0.2, 0.25) is 5.02 Å². The maximum Gasteiger partial charge on any atom is 0.303 e. The van der Waals surface area contributed by atoms with Crippen molar-refractivity contribution in [2.75, 3.05) is 57.4 Å². The van der Waals surface area contributed by atoms with Crippen LogP contribution in [-0.2, 0) is 109 Å². The molecule has 2 aromatic rings. The molecule has 774 valence electrons. The first kappa shape index (κ1) is 115. The number of aliphatic hydroxyl groups excluding tert-OH is 1. The standard InChI is InChI=1S/C92H139ClN22O23S2/c1-8-9-25-61-88(135)112-39-17-28-68(112)85(132)99-52(6)76(123)110-66(48-116)83(130)108-64(46-54-21-11-10-12-22-54)82(129)111-67(84(131)106-62(26-13-14-37-94)89(136)115-42-20-31-71(115)90(137)113-40-18-29-69(113)86(133)101-57(75(95)122)32-34-72(118)119)49-140-139-43-36-60(79(126)107-63(44-50(2)3)80(127)102-58(27-16-38-98-92(96)97)77(124)103-59(78(125)105-61)33-35-73(120)121)104-81(128)65(47-55-23-15-24-56(93)45-55)109-87(134)70-30-19-41-114(70)91(138)74(51(4)5)100-53(7)117/h10-12,15,21-24,45,50-52,57-71,74,116H,8-9,13-14,16-20,25-44,46-49,94H2,1-7H3,(H2,95,122)(H,99,132)(H,100,117)(H,101,133)(H,102,127)(H,103,124)(H,104,128)(H,105,125)(H,106,131)(H,107,126)(H,108,130)(H,109,134)(H,110,123)(H,111,129)(H,118,119)(H,120,121)(H4,96,97,98)/t52-,57-,58-,59-,60?,61-,62?,63-,64-,65-,66-,67-,68-,69-,70-,71-,74-/m0/s1. The molecule has 5 saturated heterocycles. The van der Waals surface area contributed by atoms with Gasteiger partial charge in [0.25, 0.3) is 0 Å². The Hall–Kier alpha value is -12.0. The molecule has 24 N–H and O–H groups in total. The Bertz CT molecular complexity index is 4700. The van der Waals surface area contributed by atoms with Gasteiger partial charge in [-0.3, -0.25) is 101 Å². The number of likely N-dealkylation sites (tertiary alicyclic amines) is 3. The van der Waals surface area contributed by atoms with E-state index in [0.29, 0.717) is 43.2 Å². The Morgan fingerprint density at radius 2 is 1.11 bits per heavy atom. The lowest BCUT2D eigenvalue weighted by molar-refractivity contribution is -0.148. The maximum atomic E-state index is 15.7. The van der Waals surface area contributed by atoms with Gasteiger partial charge in [0.15, 0.2) is 5.96 Å². The highest BCUT2D eigenvalue weighted by Gasteiger charge is 2.48. The summed E-state index contributed by atoms with van der Waals surface area (Å²) in [5.41, 5.74) is 18.0. The number of amides is 18. The van der Waals surface area contributed by atoms with Crippen molar-refractivity contribution in [3.8, 4) is 0 Å². The third kappa shape index (κ3) is 36.0. The number of rotatable bonds is 38. The molecule has 0 aliphatic carbocycles. The lowest BCUT2D eigenvalue weighted by atomic mass is 10.0. The number of unbranched alkanes of at least 4 members (excludes halogenated alkanes) is 2. The number of nitrogens with two attached hydrogens (primary N) is 3. The summed E-state index contributed by atoms with van der Waals surface area (Å²) in [6, 6.07) is -10.8. The van der Waals surface area contributed by atoms with Crippen LogP contribution in [0.5, 0.6) is 0 Å². The van der Waals surface area contributed by atoms with Crippen molar-refractivity contribution in [3.05, 3.63) is 70.7 Å². The summed E-state index contributed by atoms with van der Waals surface area (Å²) < 4.78 is 0. The van der Waals surface area contributed by atoms with Crippen LogP contribution < -0.4 is 91.6 Å². The van der Waals surface area contributed by atoms with Gasteiger partial charge in [0.2, 0.25) is 106 Å². The topological polar surface area (TPSA) is 685 Å². The molecule has 0 radical (unpaired) electrons. The zero-order valence-electron chi connectivity index (χ0n) is 80.2. The van der Waals surface area contributed by atoms with Crippen molar-refractivity contribution in [1.82, 2.24) is 94.0 Å². The van der Waals surface area contributed by atoms with Crippen molar-refractivity contribution >= 4 is 157 Å². The Morgan fingerprint density at radius 1 is 0.550 bits per heavy atom. The Kier molecular flexibility index (Phi) is 47.4. The molecule has 0 bridgehead atoms. The molecule has 2 unspecified atom stereocenters. The summed E-state index contributed by atoms with van der Waals surface area (Å²) in [7, 11) is 1.88. The fraction of sp³-hybridized carbons (Fsp3) is 0.641. The molecule has 48 heteroatoms. The second kappa shape index (κ2) is 57.7. The van der Waals surface area contributed by atoms with Crippen LogP contribution in [0.4, 0.5) is 0 Å². The number of carbonyl (C=O) groups is 20. The summed E-state index contributed by atoms with van der Waals surface area (Å²) >= 11 is 6.53. The van der Waals surface area contributed by atoms with Crippen LogP contribution >= 0.6 is 33.2 Å². The highest BCUT2D eigenvalue weighted by molar-refractivity contribution is 8.76. The third-order valence-corrected chi connectivity index (χ3v) is 27.4. The first-order valence-electron chi connectivity index (χ1n) is 47.8. The maximum absolute atomic E-state index is 15.7. The largest absolute Gasteiger partial charge is 0.481 e. The smallest absolute Gasteiger partial charge is 0.303 e. The lowest BCUT2D eigenvalue weighted by Crippen LogP contribution is -2.61. The van der Waals surface area contributed by atoms with Crippen molar-refractivity contribution < 1.29 is 111 Å². The van der Waals surface area contributed by atoms with E-state index in [-0.39, 0.29) is 153 Å². The number of benzene rings is 2. The molecule has 17 atom stereocenters. The minimum atomic E-state index is -1.86. The van der Waals surface area contributed by atoms with Gasteiger partial charge in [-0.15, -0.1) is 0 Å². The van der Waals surface area contributed by atoms with E-state index in [1.807, 2.05) is 0 Å². The Labute approximate surface area is 826 Å². The van der Waals surface area contributed by atoms with Crippen molar-refractivity contribution in [3.63, 3.8) is 0 Å². The van der Waals surface area contributed by atoms with Gasteiger partial charge in [0, 0.05) is 81.9 Å². The lowest BCUT2D eigenvalue weighted by Gasteiger charge is -2.33. The quantitative estimate of drug-likeness (QED) is 0.0146. The number of nitrogens with zero attached hydrogens (tertiary/aromatic N) is 4. The minimum Gasteiger partial charge on any atom is -0.481 e. The summed E-state index contributed by atoms with van der Waals surface area (Å²) in [4.78, 5) is 293. The van der Waals surface area contributed by atoms with Crippen molar-refractivity contribution in [1.29, 1.82) is 5.41 Å². The number of hydrogen-bond donors (Lipinski definition) is 21. The van der Waals surface area contributed by atoms with Gasteiger partial charge in [0.05, 0.1) is 6.61 Å². The minimum absolute atomic E-state index is 0.0183. The summed E-state index contributed by atoms with van der Waals surface area (Å²) in [6.07, 6.45) is -0.930. The summed E-state index contributed by atoms with van der Waals surface area (Å²) in [6.45, 7) is 10.2. The Balaban J connectivity index is 1.35. The van der Waals surface area contributed by atoms with Crippen LogP contribution in [0.3, 0.4) is 0 Å². The fourth-order valence-electron chi connectivity index (χ4n) is 17.2. The van der Waals surface area contributed by atoms with Gasteiger partial charge in [-0.2, -0.15) is 0 Å². The van der Waals surface area contributed by atoms with E-state index in [4.69, 9.17) is 34.2 Å². The number of guanidine groups is 1. The van der Waals surface area contributed by atoms with Crippen LogP contribution in [0.25, 0.3) is 0 Å². The predicted molar refractivity (Wildman–Crippen MR) is 516 cm³/mol. The normalized spacial score (nSPS) is 24.0. The molecule has 5 heterocycles. The van der Waals surface area contributed by atoms with Crippen molar-refractivity contribution in [2.24, 2.45) is 29.0 Å². The SMILES string of the molecule is CCCC[C@@H]1NC(=O)[C@H](CCC(=O)O)NC(=O)[C@H](CCCNC(=N)N)NC(=O)[C@H](CC(C)C)NC(=O)C(NC(=O)[C@H](Cc2cccc(Cl)c2)NC(=O)[C@@H]2CCCN2C(=O)[C@@H](NC(C)=O)C(C)C)CCSSC[C@@H](C(=O)NC(CCCCN)C(=O)N2CCC[C@H]2C(=O)N2CCC[C@H]2C(=O)N[C@@H](CCC(=O)O)C(N)=O)NC(=O)[C@H](Cc2ccccc2)NC(=O)[C@H](CO)NC(=O)[C@H](C)NC(=O)[C@@H]2CCCN2C1=O. The molecular weight excluding hydrogens is 1880 g/mol. The molecule has 7 rings (SSSR count). The first-order valence-corrected chi connectivity index (χ1v) is 50.7. The van der Waals surface area contributed by atoms with Gasteiger partial charge < -0.3 is 127 Å². The zero-order valence-corrected chi connectivity index (χ0v) is 82.6. The molecule has 0 saturated carbocycles. The number of hydrogen-bond acceptors (Lipinski definition) is 25. The van der Waals surface area contributed by atoms with E-state index in [1.165, 1.54) is 39.5 Å². The fourth-order valence-corrected chi connectivity index (χ4v) is 19.7. The van der Waals surface area contributed by atoms with Gasteiger partial charge >= 0.3 is 11.9 Å². The molecule has 140 heavy (non-hydrogen) atoms. The van der Waals surface area contributed by atoms with E-state index >= 15 is 33.6 Å². The number of aliphatic carboxylic acids is 2. The number of nitrogens with one attached hydrogen (secondary N) is 15. The molecule has 5 aliphatic heterocycles. The van der Waals surface area contributed by atoms with E-state index in [0.717, 1.165) is 21.6 Å². The van der Waals surface area contributed by atoms with E-state index < -0.39 is 270 Å². The van der Waals surface area contributed by atoms with E-state index in [9.17, 15) is 77.6 Å². The van der Waals surface area contributed by atoms with Gasteiger partial charge in [-0.05, 0) is 164 Å². The van der Waals surface area contributed by atoms with Crippen LogP contribution in [0.1, 0.15) is 201 Å². The molecule has 0 aromatic heterocycles. The molecular formula is C92H139ClN22O23S2. The number of carbonyl (C=O) groups excluding carboxylic acids is 18. The summed E-state index contributed by atoms with van der Waals surface area (Å²) in [5.74, 6) is -20.7. The van der Waals surface area contributed by atoms with Gasteiger partial charge in [0.1, 0.15) is 103 Å². The van der Waals surface area contributed by atoms with Gasteiger partial charge in [-0.25, -0.2) is 0 Å².